The van der Waals surface area contributed by atoms with E-state index in [-0.39, 0.29) is 29.8 Å². The van der Waals surface area contributed by atoms with Crippen LogP contribution >= 0.6 is 0 Å². The summed E-state index contributed by atoms with van der Waals surface area (Å²) in [5.41, 5.74) is 1.72. The van der Waals surface area contributed by atoms with Gasteiger partial charge < -0.3 is 10.1 Å². The van der Waals surface area contributed by atoms with Gasteiger partial charge in [-0.15, -0.1) is 0 Å². The molecule has 4 rings (SSSR count). The summed E-state index contributed by atoms with van der Waals surface area (Å²) in [5.74, 6) is 0.573. The van der Waals surface area contributed by atoms with Gasteiger partial charge in [-0.1, -0.05) is 36.8 Å². The smallest absolute Gasteiger partial charge is 0.224 e. The highest BCUT2D eigenvalue weighted by Crippen LogP contribution is 2.46. The first-order valence-electron chi connectivity index (χ1n) is 9.45. The fraction of sp³-hybridized carbons (Fsp3) is 0.409. The van der Waals surface area contributed by atoms with Crippen molar-refractivity contribution < 1.29 is 13.9 Å². The van der Waals surface area contributed by atoms with E-state index in [0.29, 0.717) is 0 Å². The molecule has 0 aromatic heterocycles. The number of carbonyl (C=O) groups excluding carboxylic acids is 1. The van der Waals surface area contributed by atoms with Gasteiger partial charge in [-0.2, -0.15) is 0 Å². The lowest BCUT2D eigenvalue weighted by Gasteiger charge is -2.44. The average Bonchev–Trinajstić information content (AvgIpc) is 2.64. The van der Waals surface area contributed by atoms with E-state index in [2.05, 4.69) is 5.32 Å². The summed E-state index contributed by atoms with van der Waals surface area (Å²) in [6.45, 7) is 0. The molecule has 0 unspecified atom stereocenters. The largest absolute Gasteiger partial charge is 0.487 e. The number of halogens is 1. The van der Waals surface area contributed by atoms with Gasteiger partial charge in [0.2, 0.25) is 5.91 Å². The highest BCUT2D eigenvalue weighted by molar-refractivity contribution is 5.79. The normalized spacial score (nSPS) is 20.9. The molecule has 0 radical (unpaired) electrons. The second-order valence-corrected chi connectivity index (χ2v) is 7.51. The van der Waals surface area contributed by atoms with Crippen LogP contribution in [-0.2, 0) is 11.2 Å². The highest BCUT2D eigenvalue weighted by atomic mass is 19.1. The van der Waals surface area contributed by atoms with E-state index in [1.807, 2.05) is 24.3 Å². The van der Waals surface area contributed by atoms with E-state index < -0.39 is 0 Å². The molecule has 1 aliphatic carbocycles. The van der Waals surface area contributed by atoms with Crippen LogP contribution in [0.1, 0.15) is 55.7 Å². The Kier molecular flexibility index (Phi) is 4.66. The number of ether oxygens (including phenoxy) is 1. The van der Waals surface area contributed by atoms with E-state index in [9.17, 15) is 9.18 Å². The minimum atomic E-state index is -0.285. The quantitative estimate of drug-likeness (QED) is 0.868. The number of hydrogen-bond acceptors (Lipinski definition) is 2. The van der Waals surface area contributed by atoms with Crippen molar-refractivity contribution in [1.29, 1.82) is 0 Å². The Hall–Kier alpha value is -2.36. The van der Waals surface area contributed by atoms with Crippen molar-refractivity contribution >= 4 is 5.91 Å². The lowest BCUT2D eigenvalue weighted by atomic mass is 9.77. The number of rotatable bonds is 3. The minimum Gasteiger partial charge on any atom is -0.487 e. The third-order valence-electron chi connectivity index (χ3n) is 5.57. The van der Waals surface area contributed by atoms with Crippen LogP contribution < -0.4 is 10.1 Å². The highest BCUT2D eigenvalue weighted by Gasteiger charge is 2.42. The van der Waals surface area contributed by atoms with E-state index in [4.69, 9.17) is 4.74 Å². The number of para-hydroxylation sites is 1. The number of hydrogen-bond donors (Lipinski definition) is 1. The van der Waals surface area contributed by atoms with E-state index in [0.717, 1.165) is 36.1 Å². The number of benzene rings is 2. The first-order chi connectivity index (χ1) is 12.6. The molecule has 4 heteroatoms. The summed E-state index contributed by atoms with van der Waals surface area (Å²) in [6.07, 6.45) is 6.79. The zero-order valence-electron chi connectivity index (χ0n) is 14.8. The molecule has 26 heavy (non-hydrogen) atoms. The van der Waals surface area contributed by atoms with Crippen LogP contribution in [0.5, 0.6) is 5.75 Å². The molecule has 1 heterocycles. The van der Waals surface area contributed by atoms with Crippen molar-refractivity contribution in [1.82, 2.24) is 5.32 Å². The molecule has 0 bridgehead atoms. The second kappa shape index (κ2) is 7.10. The summed E-state index contributed by atoms with van der Waals surface area (Å²) in [4.78, 5) is 12.6. The topological polar surface area (TPSA) is 38.3 Å². The van der Waals surface area contributed by atoms with E-state index in [1.54, 1.807) is 12.1 Å². The minimum absolute atomic E-state index is 0.0361. The van der Waals surface area contributed by atoms with Crippen LogP contribution in [0.25, 0.3) is 0 Å². The third-order valence-corrected chi connectivity index (χ3v) is 5.57. The van der Waals surface area contributed by atoms with Gasteiger partial charge in [0, 0.05) is 12.0 Å². The summed E-state index contributed by atoms with van der Waals surface area (Å²) in [7, 11) is 0. The maximum Gasteiger partial charge on any atom is 0.224 e. The molecule has 3 nitrogen and oxygen atoms in total. The van der Waals surface area contributed by atoms with Crippen LogP contribution in [0.15, 0.2) is 48.5 Å². The summed E-state index contributed by atoms with van der Waals surface area (Å²) in [6, 6.07) is 14.1. The molecule has 2 aromatic carbocycles. The number of carbonyl (C=O) groups is 1. The van der Waals surface area contributed by atoms with Gasteiger partial charge in [0.05, 0.1) is 12.5 Å². The SMILES string of the molecule is O=C(Cc1ccc(F)cc1)N[C@H]1CC2(CCCCC2)Oc2ccccc21. The molecule has 0 saturated heterocycles. The predicted octanol–water partition coefficient (Wildman–Crippen LogP) is 4.71. The van der Waals surface area contributed by atoms with Gasteiger partial charge in [0.1, 0.15) is 17.2 Å². The van der Waals surface area contributed by atoms with Gasteiger partial charge in [0.15, 0.2) is 0 Å². The second-order valence-electron chi connectivity index (χ2n) is 7.51. The summed E-state index contributed by atoms with van der Waals surface area (Å²) < 4.78 is 19.5. The van der Waals surface area contributed by atoms with Crippen molar-refractivity contribution in [3.05, 3.63) is 65.5 Å². The zero-order valence-corrected chi connectivity index (χ0v) is 14.8. The van der Waals surface area contributed by atoms with Crippen molar-refractivity contribution in [3.8, 4) is 5.75 Å². The summed E-state index contributed by atoms with van der Waals surface area (Å²) >= 11 is 0. The molecule has 1 aliphatic heterocycles. The van der Waals surface area contributed by atoms with Gasteiger partial charge in [0.25, 0.3) is 0 Å². The molecule has 1 amide bonds. The zero-order chi connectivity index (χ0) is 18.0. The predicted molar refractivity (Wildman–Crippen MR) is 98.5 cm³/mol. The Labute approximate surface area is 153 Å². The van der Waals surface area contributed by atoms with Gasteiger partial charge in [-0.05, 0) is 49.4 Å². The lowest BCUT2D eigenvalue weighted by molar-refractivity contribution is -0.122. The number of fused-ring (bicyclic) bond motifs is 1. The molecular weight excluding hydrogens is 329 g/mol. The standard InChI is InChI=1S/C22H24FNO2/c23-17-10-8-16(9-11-17)14-21(25)24-19-15-22(12-4-1-5-13-22)26-20-7-3-2-6-18(19)20/h2-3,6-11,19H,1,4-5,12-15H2,(H,24,25)/t19-/m0/s1. The maximum absolute atomic E-state index is 13.1. The monoisotopic (exact) mass is 353 g/mol. The first kappa shape index (κ1) is 17.1. The average molecular weight is 353 g/mol. The molecule has 1 fully saturated rings. The molecular formula is C22H24FNO2. The molecule has 1 spiro atoms. The fourth-order valence-corrected chi connectivity index (χ4v) is 4.28. The van der Waals surface area contributed by atoms with Crippen LogP contribution in [0, 0.1) is 5.82 Å². The Morgan fingerprint density at radius 3 is 2.58 bits per heavy atom. The third kappa shape index (κ3) is 3.59. The van der Waals surface area contributed by atoms with Crippen LogP contribution in [-0.4, -0.2) is 11.5 Å². The van der Waals surface area contributed by atoms with Crippen LogP contribution in [0.2, 0.25) is 0 Å². The summed E-state index contributed by atoms with van der Waals surface area (Å²) in [5, 5.41) is 3.20. The van der Waals surface area contributed by atoms with Gasteiger partial charge in [-0.25, -0.2) is 4.39 Å². The van der Waals surface area contributed by atoms with Gasteiger partial charge in [-0.3, -0.25) is 4.79 Å². The van der Waals surface area contributed by atoms with Crippen LogP contribution in [0.4, 0.5) is 4.39 Å². The number of amides is 1. The Bertz CT molecular complexity index is 781. The Balaban J connectivity index is 1.52. The number of nitrogens with one attached hydrogen (secondary N) is 1. The molecule has 1 saturated carbocycles. The van der Waals surface area contributed by atoms with Gasteiger partial charge >= 0.3 is 0 Å². The molecule has 136 valence electrons. The fourth-order valence-electron chi connectivity index (χ4n) is 4.28. The Morgan fingerprint density at radius 2 is 1.81 bits per heavy atom. The lowest BCUT2D eigenvalue weighted by Crippen LogP contribution is -2.46. The molecule has 2 aliphatic rings. The molecule has 1 N–H and O–H groups in total. The molecule has 1 atom stereocenters. The van der Waals surface area contributed by atoms with Crippen molar-refractivity contribution in [2.45, 2.75) is 56.6 Å². The first-order valence-corrected chi connectivity index (χ1v) is 9.45. The molecule has 2 aromatic rings. The van der Waals surface area contributed by atoms with Crippen molar-refractivity contribution in [3.63, 3.8) is 0 Å². The maximum atomic E-state index is 13.1. The van der Waals surface area contributed by atoms with E-state index in [1.165, 1.54) is 31.4 Å². The van der Waals surface area contributed by atoms with Crippen LogP contribution in [0.3, 0.4) is 0 Å². The van der Waals surface area contributed by atoms with E-state index >= 15 is 0 Å². The Morgan fingerprint density at radius 1 is 1.08 bits per heavy atom. The van der Waals surface area contributed by atoms with Crippen molar-refractivity contribution in [2.75, 3.05) is 0 Å². The van der Waals surface area contributed by atoms with Crippen molar-refractivity contribution in [2.24, 2.45) is 0 Å².